The van der Waals surface area contributed by atoms with Crippen molar-refractivity contribution in [2.75, 3.05) is 39.3 Å². The number of nitrogens with two attached hydrogens (primary N) is 1. The van der Waals surface area contributed by atoms with Gasteiger partial charge in [0, 0.05) is 39.3 Å². The van der Waals surface area contributed by atoms with Gasteiger partial charge in [-0.15, -0.1) is 0 Å². The third-order valence-electron chi connectivity index (χ3n) is 5.95. The van der Waals surface area contributed by atoms with Crippen LogP contribution in [0.1, 0.15) is 22.7 Å². The molecule has 2 N–H and O–H groups in total. The Labute approximate surface area is 171 Å². The van der Waals surface area contributed by atoms with E-state index in [0.717, 1.165) is 50.3 Å². The summed E-state index contributed by atoms with van der Waals surface area (Å²) in [5.41, 5.74) is 8.97. The zero-order chi connectivity index (χ0) is 20.2. The maximum Gasteiger partial charge on any atom is 0.244 e. The van der Waals surface area contributed by atoms with Crippen molar-refractivity contribution in [3.8, 4) is 0 Å². The molecule has 2 amide bonds. The lowest BCUT2D eigenvalue weighted by Crippen LogP contribution is -2.52. The normalized spacial score (nSPS) is 20.3. The molecule has 2 aliphatic rings. The number of amides is 2. The molecule has 1 saturated heterocycles. The molecule has 2 aromatic rings. The van der Waals surface area contributed by atoms with Gasteiger partial charge in [-0.3, -0.25) is 19.4 Å². The molecule has 2 aliphatic heterocycles. The van der Waals surface area contributed by atoms with Gasteiger partial charge in [-0.1, -0.05) is 54.6 Å². The Morgan fingerprint density at radius 1 is 0.862 bits per heavy atom. The van der Waals surface area contributed by atoms with E-state index in [0.29, 0.717) is 13.1 Å². The standard InChI is InChI=1S/C23H28N4O2/c24-23(29)22-20-9-5-4-8-19(20)10-11-27(22)21(28)17-26-14-12-25(13-15-26)16-18-6-2-1-3-7-18/h1-9,22H,10-17H2,(H2,24,29). The van der Waals surface area contributed by atoms with E-state index >= 15 is 0 Å². The van der Waals surface area contributed by atoms with Crippen LogP contribution in [0.25, 0.3) is 0 Å². The quantitative estimate of drug-likeness (QED) is 0.836. The lowest BCUT2D eigenvalue weighted by Gasteiger charge is -2.38. The van der Waals surface area contributed by atoms with Crippen molar-refractivity contribution in [1.82, 2.24) is 14.7 Å². The van der Waals surface area contributed by atoms with Gasteiger partial charge < -0.3 is 10.6 Å². The van der Waals surface area contributed by atoms with Crippen molar-refractivity contribution in [2.24, 2.45) is 5.73 Å². The number of hydrogen-bond acceptors (Lipinski definition) is 4. The van der Waals surface area contributed by atoms with E-state index in [-0.39, 0.29) is 5.91 Å². The van der Waals surface area contributed by atoms with Crippen molar-refractivity contribution in [1.29, 1.82) is 0 Å². The maximum absolute atomic E-state index is 13.0. The molecule has 152 valence electrons. The number of fused-ring (bicyclic) bond motifs is 1. The van der Waals surface area contributed by atoms with E-state index in [9.17, 15) is 9.59 Å². The molecule has 0 saturated carbocycles. The fourth-order valence-electron chi connectivity index (χ4n) is 4.37. The lowest BCUT2D eigenvalue weighted by atomic mass is 9.92. The first-order valence-electron chi connectivity index (χ1n) is 10.3. The van der Waals surface area contributed by atoms with Gasteiger partial charge in [0.25, 0.3) is 0 Å². The number of carbonyl (C=O) groups excluding carboxylic acids is 2. The van der Waals surface area contributed by atoms with E-state index in [1.165, 1.54) is 5.56 Å². The van der Waals surface area contributed by atoms with Crippen LogP contribution in [0.5, 0.6) is 0 Å². The van der Waals surface area contributed by atoms with Gasteiger partial charge in [-0.25, -0.2) is 0 Å². The molecule has 0 aromatic heterocycles. The number of primary amides is 1. The topological polar surface area (TPSA) is 69.9 Å². The van der Waals surface area contributed by atoms with Crippen molar-refractivity contribution < 1.29 is 9.59 Å². The first kappa shape index (κ1) is 19.6. The maximum atomic E-state index is 13.0. The van der Waals surface area contributed by atoms with Crippen molar-refractivity contribution in [2.45, 2.75) is 19.0 Å². The molecule has 1 fully saturated rings. The lowest BCUT2D eigenvalue weighted by molar-refractivity contribution is -0.141. The zero-order valence-electron chi connectivity index (χ0n) is 16.7. The van der Waals surface area contributed by atoms with Gasteiger partial charge in [-0.05, 0) is 23.1 Å². The van der Waals surface area contributed by atoms with Crippen LogP contribution in [0.4, 0.5) is 0 Å². The van der Waals surface area contributed by atoms with Gasteiger partial charge in [0.15, 0.2) is 0 Å². The van der Waals surface area contributed by atoms with Crippen LogP contribution < -0.4 is 5.73 Å². The first-order chi connectivity index (χ1) is 14.1. The van der Waals surface area contributed by atoms with E-state index in [4.69, 9.17) is 5.73 Å². The summed E-state index contributed by atoms with van der Waals surface area (Å²) in [5.74, 6) is -0.474. The second kappa shape index (κ2) is 8.76. The van der Waals surface area contributed by atoms with E-state index in [2.05, 4.69) is 34.1 Å². The molecule has 0 spiro atoms. The fraction of sp³-hybridized carbons (Fsp3) is 0.391. The molecule has 0 aliphatic carbocycles. The highest BCUT2D eigenvalue weighted by Crippen LogP contribution is 2.29. The minimum absolute atomic E-state index is 0.0141. The first-order valence-corrected chi connectivity index (χ1v) is 10.3. The average molecular weight is 393 g/mol. The molecule has 2 heterocycles. The SMILES string of the molecule is NC(=O)C1c2ccccc2CCN1C(=O)CN1CCN(Cc2ccccc2)CC1. The van der Waals surface area contributed by atoms with Crippen LogP contribution in [0.15, 0.2) is 54.6 Å². The van der Waals surface area contributed by atoms with Gasteiger partial charge in [0.05, 0.1) is 6.54 Å². The summed E-state index contributed by atoms with van der Waals surface area (Å²) in [6.45, 7) is 5.39. The number of nitrogens with zero attached hydrogens (tertiary/aromatic N) is 3. The van der Waals surface area contributed by atoms with Crippen LogP contribution in [0.3, 0.4) is 0 Å². The number of benzene rings is 2. The highest BCUT2D eigenvalue weighted by Gasteiger charge is 2.35. The summed E-state index contributed by atoms with van der Waals surface area (Å²) >= 11 is 0. The summed E-state index contributed by atoms with van der Waals surface area (Å²) in [4.78, 5) is 31.4. The molecule has 29 heavy (non-hydrogen) atoms. The van der Waals surface area contributed by atoms with Gasteiger partial charge >= 0.3 is 0 Å². The summed E-state index contributed by atoms with van der Waals surface area (Å²) in [6.07, 6.45) is 0.760. The molecule has 6 heteroatoms. The third-order valence-corrected chi connectivity index (χ3v) is 5.95. The molecule has 0 radical (unpaired) electrons. The van der Waals surface area contributed by atoms with Crippen molar-refractivity contribution in [3.63, 3.8) is 0 Å². The molecule has 6 nitrogen and oxygen atoms in total. The highest BCUT2D eigenvalue weighted by molar-refractivity contribution is 5.89. The highest BCUT2D eigenvalue weighted by atomic mass is 16.2. The van der Waals surface area contributed by atoms with Crippen LogP contribution in [0.2, 0.25) is 0 Å². The Hall–Kier alpha value is -2.70. The van der Waals surface area contributed by atoms with Crippen molar-refractivity contribution >= 4 is 11.8 Å². The Morgan fingerprint density at radius 3 is 2.24 bits per heavy atom. The average Bonchev–Trinajstić information content (AvgIpc) is 2.75. The zero-order valence-corrected chi connectivity index (χ0v) is 16.7. The number of hydrogen-bond donors (Lipinski definition) is 1. The number of rotatable bonds is 5. The van der Waals surface area contributed by atoms with Crippen molar-refractivity contribution in [3.05, 3.63) is 71.3 Å². The molecule has 1 atom stereocenters. The molecular formula is C23H28N4O2. The molecule has 4 rings (SSSR count). The molecule has 0 bridgehead atoms. The van der Waals surface area contributed by atoms with Gasteiger partial charge in [0.2, 0.25) is 11.8 Å². The summed E-state index contributed by atoms with van der Waals surface area (Å²) < 4.78 is 0. The Morgan fingerprint density at radius 2 is 1.52 bits per heavy atom. The minimum atomic E-state index is -0.660. The minimum Gasteiger partial charge on any atom is -0.368 e. The van der Waals surface area contributed by atoms with Crippen LogP contribution >= 0.6 is 0 Å². The Balaban J connectivity index is 1.34. The van der Waals surface area contributed by atoms with E-state index in [1.807, 2.05) is 30.3 Å². The summed E-state index contributed by atoms with van der Waals surface area (Å²) in [6, 6.07) is 17.6. The van der Waals surface area contributed by atoms with Gasteiger partial charge in [0.1, 0.15) is 6.04 Å². The Bertz CT molecular complexity index is 862. The largest absolute Gasteiger partial charge is 0.368 e. The second-order valence-corrected chi connectivity index (χ2v) is 7.88. The van der Waals surface area contributed by atoms with Gasteiger partial charge in [-0.2, -0.15) is 0 Å². The predicted octanol–water partition coefficient (Wildman–Crippen LogP) is 1.42. The fourth-order valence-corrected chi connectivity index (χ4v) is 4.37. The van der Waals surface area contributed by atoms with E-state index < -0.39 is 11.9 Å². The number of carbonyl (C=O) groups is 2. The van der Waals surface area contributed by atoms with Crippen LogP contribution in [0, 0.1) is 0 Å². The Kier molecular flexibility index (Phi) is 5.92. The predicted molar refractivity (Wildman–Crippen MR) is 112 cm³/mol. The van der Waals surface area contributed by atoms with Crippen LogP contribution in [-0.2, 0) is 22.6 Å². The summed E-state index contributed by atoms with van der Waals surface area (Å²) in [5, 5.41) is 0. The second-order valence-electron chi connectivity index (χ2n) is 7.88. The molecule has 2 aromatic carbocycles. The number of piperazine rings is 1. The molecular weight excluding hydrogens is 364 g/mol. The van der Waals surface area contributed by atoms with Crippen LogP contribution in [-0.4, -0.2) is 65.8 Å². The smallest absolute Gasteiger partial charge is 0.244 e. The monoisotopic (exact) mass is 392 g/mol. The molecule has 1 unspecified atom stereocenters. The summed E-state index contributed by atoms with van der Waals surface area (Å²) in [7, 11) is 0. The van der Waals surface area contributed by atoms with E-state index in [1.54, 1.807) is 4.90 Å². The third kappa shape index (κ3) is 4.49.